The maximum Gasteiger partial charge on any atom is 0.416 e. The van der Waals surface area contributed by atoms with E-state index in [1.807, 2.05) is 13.8 Å². The number of halogens is 3. The number of carbonyl (C=O) groups excluding carboxylic acids is 1. The molecule has 1 aliphatic rings. The van der Waals surface area contributed by atoms with E-state index in [1.54, 1.807) is 4.90 Å². The molecular formula is C15H19F3N2O. The highest BCUT2D eigenvalue weighted by Gasteiger charge is 2.31. The first-order chi connectivity index (χ1) is 9.79. The number of hydrogen-bond donors (Lipinski definition) is 1. The quantitative estimate of drug-likeness (QED) is 0.813. The first-order valence-electron chi connectivity index (χ1n) is 7.05. The Balaban J connectivity index is 2.12. The highest BCUT2D eigenvalue weighted by molar-refractivity contribution is 5.89. The van der Waals surface area contributed by atoms with Gasteiger partial charge in [-0.3, -0.25) is 0 Å². The van der Waals surface area contributed by atoms with Crippen molar-refractivity contribution >= 4 is 11.7 Å². The van der Waals surface area contributed by atoms with Crippen LogP contribution in [-0.4, -0.2) is 23.0 Å². The van der Waals surface area contributed by atoms with Crippen LogP contribution < -0.4 is 5.32 Å². The van der Waals surface area contributed by atoms with Crippen LogP contribution in [0.15, 0.2) is 24.3 Å². The van der Waals surface area contributed by atoms with Gasteiger partial charge in [0.15, 0.2) is 0 Å². The van der Waals surface area contributed by atoms with Gasteiger partial charge in [0.05, 0.1) is 5.56 Å². The Morgan fingerprint density at radius 2 is 1.86 bits per heavy atom. The van der Waals surface area contributed by atoms with Crippen molar-refractivity contribution < 1.29 is 18.0 Å². The lowest BCUT2D eigenvalue weighted by atomic mass is 9.98. The van der Waals surface area contributed by atoms with Crippen LogP contribution in [0, 0.1) is 0 Å². The lowest BCUT2D eigenvalue weighted by Crippen LogP contribution is -2.49. The van der Waals surface area contributed by atoms with Crippen molar-refractivity contribution in [2.45, 2.75) is 51.4 Å². The summed E-state index contributed by atoms with van der Waals surface area (Å²) in [6, 6.07) is 4.56. The fourth-order valence-corrected chi connectivity index (χ4v) is 2.78. The smallest absolute Gasteiger partial charge is 0.319 e. The van der Waals surface area contributed by atoms with Crippen molar-refractivity contribution in [3.63, 3.8) is 0 Å². The molecule has 21 heavy (non-hydrogen) atoms. The summed E-state index contributed by atoms with van der Waals surface area (Å²) in [5.74, 6) is 0. The second-order valence-electron chi connectivity index (χ2n) is 5.54. The molecule has 1 aromatic carbocycles. The van der Waals surface area contributed by atoms with E-state index in [1.165, 1.54) is 12.1 Å². The average molecular weight is 300 g/mol. The fourth-order valence-electron chi connectivity index (χ4n) is 2.78. The Labute approximate surface area is 122 Å². The molecule has 0 aliphatic carbocycles. The van der Waals surface area contributed by atoms with E-state index in [2.05, 4.69) is 5.32 Å². The van der Waals surface area contributed by atoms with Crippen molar-refractivity contribution in [3.8, 4) is 0 Å². The van der Waals surface area contributed by atoms with E-state index in [4.69, 9.17) is 0 Å². The van der Waals surface area contributed by atoms with Gasteiger partial charge in [-0.05, 0) is 51.3 Å². The molecule has 1 aromatic rings. The van der Waals surface area contributed by atoms with E-state index in [0.29, 0.717) is 0 Å². The Hall–Kier alpha value is -1.72. The molecule has 116 valence electrons. The van der Waals surface area contributed by atoms with E-state index in [9.17, 15) is 18.0 Å². The van der Waals surface area contributed by atoms with Gasteiger partial charge in [0.2, 0.25) is 0 Å². The molecule has 1 N–H and O–H groups in total. The predicted molar refractivity (Wildman–Crippen MR) is 75.1 cm³/mol. The van der Waals surface area contributed by atoms with E-state index in [0.717, 1.165) is 31.4 Å². The molecule has 2 rings (SSSR count). The summed E-state index contributed by atoms with van der Waals surface area (Å²) in [5, 5.41) is 2.57. The Morgan fingerprint density at radius 3 is 2.43 bits per heavy atom. The number of piperidine rings is 1. The van der Waals surface area contributed by atoms with Gasteiger partial charge in [0, 0.05) is 17.8 Å². The zero-order chi connectivity index (χ0) is 15.6. The third-order valence-corrected chi connectivity index (χ3v) is 3.87. The lowest BCUT2D eigenvalue weighted by molar-refractivity contribution is -0.137. The number of rotatable bonds is 1. The monoisotopic (exact) mass is 300 g/mol. The zero-order valence-corrected chi connectivity index (χ0v) is 12.1. The van der Waals surface area contributed by atoms with Crippen molar-refractivity contribution in [1.29, 1.82) is 0 Å². The number of alkyl halides is 3. The minimum atomic E-state index is -4.41. The minimum absolute atomic E-state index is 0.0968. The summed E-state index contributed by atoms with van der Waals surface area (Å²) in [5.41, 5.74) is -0.597. The summed E-state index contributed by atoms with van der Waals surface area (Å²) in [6.45, 7) is 3.92. The number of benzene rings is 1. The molecule has 1 fully saturated rings. The second-order valence-corrected chi connectivity index (χ2v) is 5.54. The third kappa shape index (κ3) is 3.68. The van der Waals surface area contributed by atoms with Gasteiger partial charge in [-0.15, -0.1) is 0 Å². The molecular weight excluding hydrogens is 281 g/mol. The summed E-state index contributed by atoms with van der Waals surface area (Å²) < 4.78 is 38.0. The molecule has 2 unspecified atom stereocenters. The van der Waals surface area contributed by atoms with Crippen LogP contribution in [0.2, 0.25) is 0 Å². The number of nitrogens with zero attached hydrogens (tertiary/aromatic N) is 1. The number of hydrogen-bond acceptors (Lipinski definition) is 1. The molecule has 2 atom stereocenters. The van der Waals surface area contributed by atoms with Gasteiger partial charge >= 0.3 is 12.2 Å². The number of likely N-dealkylation sites (tertiary alicyclic amines) is 1. The van der Waals surface area contributed by atoms with Crippen LogP contribution in [0.25, 0.3) is 0 Å². The largest absolute Gasteiger partial charge is 0.416 e. The summed E-state index contributed by atoms with van der Waals surface area (Å²) >= 11 is 0. The Morgan fingerprint density at radius 1 is 1.24 bits per heavy atom. The van der Waals surface area contributed by atoms with Gasteiger partial charge in [0.25, 0.3) is 0 Å². The molecule has 1 saturated heterocycles. The van der Waals surface area contributed by atoms with Crippen molar-refractivity contribution in [2.75, 3.05) is 5.32 Å². The maximum absolute atomic E-state index is 12.7. The third-order valence-electron chi connectivity index (χ3n) is 3.87. The van der Waals surface area contributed by atoms with Crippen molar-refractivity contribution in [2.24, 2.45) is 0 Å². The normalized spacial score (nSPS) is 23.0. The van der Waals surface area contributed by atoms with Gasteiger partial charge in [-0.1, -0.05) is 6.07 Å². The van der Waals surface area contributed by atoms with Gasteiger partial charge in [-0.25, -0.2) is 4.79 Å². The molecule has 2 amide bonds. The van der Waals surface area contributed by atoms with E-state index >= 15 is 0 Å². The fraction of sp³-hybridized carbons (Fsp3) is 0.533. The number of anilines is 1. The topological polar surface area (TPSA) is 32.3 Å². The second kappa shape index (κ2) is 5.95. The van der Waals surface area contributed by atoms with Crippen molar-refractivity contribution in [3.05, 3.63) is 29.8 Å². The Bertz CT molecular complexity index is 506. The van der Waals surface area contributed by atoms with Gasteiger partial charge < -0.3 is 10.2 Å². The molecule has 0 saturated carbocycles. The van der Waals surface area contributed by atoms with Crippen LogP contribution in [-0.2, 0) is 6.18 Å². The summed E-state index contributed by atoms with van der Waals surface area (Å²) in [6.07, 6.45) is -1.51. The zero-order valence-electron chi connectivity index (χ0n) is 12.1. The number of amides is 2. The molecule has 6 heteroatoms. The summed E-state index contributed by atoms with van der Waals surface area (Å²) in [7, 11) is 0. The maximum atomic E-state index is 12.7. The first-order valence-corrected chi connectivity index (χ1v) is 7.05. The van der Waals surface area contributed by atoms with Crippen LogP contribution >= 0.6 is 0 Å². The summed E-state index contributed by atoms with van der Waals surface area (Å²) in [4.78, 5) is 14.0. The van der Waals surface area contributed by atoms with E-state index < -0.39 is 11.7 Å². The van der Waals surface area contributed by atoms with E-state index in [-0.39, 0.29) is 23.8 Å². The lowest BCUT2D eigenvalue weighted by Gasteiger charge is -2.38. The number of carbonyl (C=O) groups is 1. The molecule has 3 nitrogen and oxygen atoms in total. The SMILES string of the molecule is CC1CCCC(C)N1C(=O)Nc1cccc(C(F)(F)F)c1. The number of nitrogens with one attached hydrogen (secondary N) is 1. The standard InChI is InChI=1S/C15H19F3N2O/c1-10-5-3-6-11(2)20(10)14(21)19-13-8-4-7-12(9-13)15(16,17)18/h4,7-11H,3,5-6H2,1-2H3,(H,19,21). The molecule has 0 spiro atoms. The van der Waals surface area contributed by atoms with Gasteiger partial charge in [0.1, 0.15) is 0 Å². The predicted octanol–water partition coefficient (Wildman–Crippen LogP) is 4.50. The van der Waals surface area contributed by atoms with Crippen LogP contribution in [0.4, 0.5) is 23.7 Å². The molecule has 0 aromatic heterocycles. The highest BCUT2D eigenvalue weighted by atomic mass is 19.4. The highest BCUT2D eigenvalue weighted by Crippen LogP contribution is 2.31. The van der Waals surface area contributed by atoms with Crippen LogP contribution in [0.1, 0.15) is 38.7 Å². The molecule has 1 heterocycles. The number of urea groups is 1. The minimum Gasteiger partial charge on any atom is -0.319 e. The van der Waals surface area contributed by atoms with Crippen LogP contribution in [0.3, 0.4) is 0 Å². The van der Waals surface area contributed by atoms with Crippen LogP contribution in [0.5, 0.6) is 0 Å². The molecule has 0 radical (unpaired) electrons. The average Bonchev–Trinajstić information content (AvgIpc) is 2.37. The Kier molecular flexibility index (Phi) is 4.44. The molecule has 1 aliphatic heterocycles. The van der Waals surface area contributed by atoms with Crippen molar-refractivity contribution in [1.82, 2.24) is 4.90 Å². The van der Waals surface area contributed by atoms with Gasteiger partial charge in [-0.2, -0.15) is 13.2 Å². The first kappa shape index (κ1) is 15.7. The molecule has 0 bridgehead atoms.